The fourth-order valence-electron chi connectivity index (χ4n) is 8.26. The third kappa shape index (κ3) is 4.46. The average Bonchev–Trinajstić information content (AvgIpc) is 3.08. The number of allylic oxidation sites excluding steroid dienone is 1. The van der Waals surface area contributed by atoms with Gasteiger partial charge >= 0.3 is 17.9 Å². The highest BCUT2D eigenvalue weighted by Gasteiger charge is 2.60. The summed E-state index contributed by atoms with van der Waals surface area (Å²) < 4.78 is 16.6. The Kier molecular flexibility index (Phi) is 6.67. The molecule has 0 amide bonds. The SMILES string of the molecule is CC(=O)OC[C@H](OC(C)=O)[C@@H]1CC[C@@H]2[C@H]3CC=C4C[C@@H](OC(C)=O)CC[C@]4(C)[C@@H]3CC[C@]21C. The van der Waals surface area contributed by atoms with Crippen molar-refractivity contribution in [3.63, 3.8) is 0 Å². The van der Waals surface area contributed by atoms with Gasteiger partial charge in [0.15, 0.2) is 0 Å². The second-order valence-corrected chi connectivity index (χ2v) is 11.4. The molecule has 3 fully saturated rings. The molecule has 0 aromatic carbocycles. The van der Waals surface area contributed by atoms with Crippen molar-refractivity contribution in [1.82, 2.24) is 0 Å². The molecule has 33 heavy (non-hydrogen) atoms. The highest BCUT2D eigenvalue weighted by molar-refractivity contribution is 5.67. The molecule has 3 saturated carbocycles. The molecular weight excluding hydrogens is 420 g/mol. The molecule has 0 N–H and O–H groups in total. The third-order valence-corrected chi connectivity index (χ3v) is 9.68. The number of carbonyl (C=O) groups is 3. The van der Waals surface area contributed by atoms with Crippen molar-refractivity contribution in [3.05, 3.63) is 11.6 Å². The number of hydrogen-bond acceptors (Lipinski definition) is 6. The summed E-state index contributed by atoms with van der Waals surface area (Å²) >= 11 is 0. The lowest BCUT2D eigenvalue weighted by molar-refractivity contribution is -0.165. The number of hydrogen-bond donors (Lipinski definition) is 0. The van der Waals surface area contributed by atoms with E-state index in [0.29, 0.717) is 17.8 Å². The fourth-order valence-corrected chi connectivity index (χ4v) is 8.26. The largest absolute Gasteiger partial charge is 0.462 e. The van der Waals surface area contributed by atoms with Gasteiger partial charge in [0.05, 0.1) is 0 Å². The van der Waals surface area contributed by atoms with Gasteiger partial charge in [-0.15, -0.1) is 0 Å². The van der Waals surface area contributed by atoms with E-state index in [1.807, 2.05) is 0 Å². The Labute approximate surface area is 197 Å². The molecule has 0 aromatic rings. The first-order valence-corrected chi connectivity index (χ1v) is 12.7. The minimum atomic E-state index is -0.373. The zero-order valence-corrected chi connectivity index (χ0v) is 20.9. The van der Waals surface area contributed by atoms with Crippen LogP contribution in [0.5, 0.6) is 0 Å². The molecule has 184 valence electrons. The molecule has 0 saturated heterocycles. The van der Waals surface area contributed by atoms with E-state index in [0.717, 1.165) is 44.9 Å². The molecule has 4 aliphatic carbocycles. The first kappa shape index (κ1) is 24.3. The first-order valence-electron chi connectivity index (χ1n) is 12.7. The van der Waals surface area contributed by atoms with E-state index in [1.54, 1.807) is 0 Å². The Morgan fingerprint density at radius 2 is 1.73 bits per heavy atom. The molecule has 0 heterocycles. The first-order chi connectivity index (χ1) is 15.5. The monoisotopic (exact) mass is 460 g/mol. The van der Waals surface area contributed by atoms with Crippen LogP contribution in [0.15, 0.2) is 11.6 Å². The van der Waals surface area contributed by atoms with Crippen molar-refractivity contribution in [2.75, 3.05) is 6.61 Å². The van der Waals surface area contributed by atoms with Crippen molar-refractivity contribution in [2.24, 2.45) is 34.5 Å². The zero-order valence-electron chi connectivity index (χ0n) is 20.9. The summed E-state index contributed by atoms with van der Waals surface area (Å²) in [5.74, 6) is 1.24. The maximum Gasteiger partial charge on any atom is 0.303 e. The molecular formula is C27H40O6. The molecule has 0 spiro atoms. The second kappa shape index (κ2) is 9.07. The van der Waals surface area contributed by atoms with E-state index in [-0.39, 0.29) is 53.5 Å². The highest BCUT2D eigenvalue weighted by Crippen LogP contribution is 2.66. The fraction of sp³-hybridized carbons (Fsp3) is 0.815. The van der Waals surface area contributed by atoms with Crippen LogP contribution in [0.25, 0.3) is 0 Å². The predicted octanol–water partition coefficient (Wildman–Crippen LogP) is 4.99. The van der Waals surface area contributed by atoms with Crippen molar-refractivity contribution < 1.29 is 28.6 Å². The van der Waals surface area contributed by atoms with Gasteiger partial charge in [0.25, 0.3) is 0 Å². The summed E-state index contributed by atoms with van der Waals surface area (Å²) in [5.41, 5.74) is 1.76. The van der Waals surface area contributed by atoms with Crippen LogP contribution in [0.3, 0.4) is 0 Å². The van der Waals surface area contributed by atoms with Crippen molar-refractivity contribution in [3.8, 4) is 0 Å². The van der Waals surface area contributed by atoms with Crippen LogP contribution in [-0.2, 0) is 28.6 Å². The van der Waals surface area contributed by atoms with Gasteiger partial charge in [0, 0.05) is 33.1 Å². The maximum absolute atomic E-state index is 11.8. The lowest BCUT2D eigenvalue weighted by atomic mass is 9.47. The van der Waals surface area contributed by atoms with Gasteiger partial charge in [-0.2, -0.15) is 0 Å². The van der Waals surface area contributed by atoms with Crippen molar-refractivity contribution in [1.29, 1.82) is 0 Å². The van der Waals surface area contributed by atoms with Gasteiger partial charge in [0.2, 0.25) is 0 Å². The minimum Gasteiger partial charge on any atom is -0.462 e. The highest BCUT2D eigenvalue weighted by atomic mass is 16.6. The lowest BCUT2D eigenvalue weighted by Gasteiger charge is -2.58. The summed E-state index contributed by atoms with van der Waals surface area (Å²) in [6.07, 6.45) is 10.5. The van der Waals surface area contributed by atoms with Crippen LogP contribution in [-0.4, -0.2) is 36.7 Å². The van der Waals surface area contributed by atoms with Gasteiger partial charge in [-0.3, -0.25) is 14.4 Å². The molecule has 0 aromatic heterocycles. The van der Waals surface area contributed by atoms with E-state index >= 15 is 0 Å². The molecule has 0 unspecified atom stereocenters. The standard InChI is InChI=1S/C27H40O6/c1-16(28)31-15-25(33-18(3)30)24-9-8-22-21-7-6-19-14-20(32-17(2)29)10-12-26(19,4)23(21)11-13-27(22,24)5/h6,20-25H,7-15H2,1-5H3/t20-,21+,22+,23+,24-,25-,26-,27+/m0/s1. The Morgan fingerprint density at radius 1 is 0.970 bits per heavy atom. The maximum atomic E-state index is 11.8. The molecule has 0 aliphatic heterocycles. The summed E-state index contributed by atoms with van der Waals surface area (Å²) in [6, 6.07) is 0. The van der Waals surface area contributed by atoms with E-state index in [2.05, 4.69) is 19.9 Å². The van der Waals surface area contributed by atoms with Gasteiger partial charge in [0.1, 0.15) is 18.8 Å². The second-order valence-electron chi connectivity index (χ2n) is 11.4. The normalized spacial score (nSPS) is 40.4. The van der Waals surface area contributed by atoms with E-state index in [4.69, 9.17) is 14.2 Å². The summed E-state index contributed by atoms with van der Waals surface area (Å²) in [7, 11) is 0. The van der Waals surface area contributed by atoms with Crippen molar-refractivity contribution >= 4 is 17.9 Å². The predicted molar refractivity (Wildman–Crippen MR) is 123 cm³/mol. The lowest BCUT2D eigenvalue weighted by Crippen LogP contribution is -2.52. The smallest absolute Gasteiger partial charge is 0.303 e. The quantitative estimate of drug-likeness (QED) is 0.327. The van der Waals surface area contributed by atoms with Crippen LogP contribution < -0.4 is 0 Å². The number of carbonyl (C=O) groups excluding carboxylic acids is 3. The number of esters is 3. The minimum absolute atomic E-state index is 0.0221. The molecule has 0 radical (unpaired) electrons. The number of ether oxygens (including phenoxy) is 3. The summed E-state index contributed by atoms with van der Waals surface area (Å²) in [5, 5.41) is 0. The summed E-state index contributed by atoms with van der Waals surface area (Å²) in [4.78, 5) is 34.8. The van der Waals surface area contributed by atoms with Crippen LogP contribution >= 0.6 is 0 Å². The Balaban J connectivity index is 1.54. The molecule has 4 rings (SSSR count). The average molecular weight is 461 g/mol. The number of rotatable bonds is 5. The zero-order chi connectivity index (χ0) is 24.0. The Bertz CT molecular complexity index is 832. The molecule has 6 nitrogen and oxygen atoms in total. The molecule has 6 heteroatoms. The molecule has 8 atom stereocenters. The van der Waals surface area contributed by atoms with Crippen LogP contribution in [0, 0.1) is 34.5 Å². The van der Waals surface area contributed by atoms with Crippen LogP contribution in [0.1, 0.15) is 86.0 Å². The van der Waals surface area contributed by atoms with Gasteiger partial charge in [-0.1, -0.05) is 25.5 Å². The van der Waals surface area contributed by atoms with E-state index < -0.39 is 0 Å². The van der Waals surface area contributed by atoms with Gasteiger partial charge < -0.3 is 14.2 Å². The molecule has 4 aliphatic rings. The third-order valence-electron chi connectivity index (χ3n) is 9.68. The van der Waals surface area contributed by atoms with E-state index in [1.165, 1.54) is 32.8 Å². The molecule has 0 bridgehead atoms. The van der Waals surface area contributed by atoms with E-state index in [9.17, 15) is 14.4 Å². The summed E-state index contributed by atoms with van der Waals surface area (Å²) in [6.45, 7) is 9.31. The van der Waals surface area contributed by atoms with Crippen LogP contribution in [0.2, 0.25) is 0 Å². The van der Waals surface area contributed by atoms with Crippen molar-refractivity contribution in [2.45, 2.75) is 98.2 Å². The Hall–Kier alpha value is -1.85. The number of fused-ring (bicyclic) bond motifs is 5. The van der Waals surface area contributed by atoms with Gasteiger partial charge in [-0.25, -0.2) is 0 Å². The topological polar surface area (TPSA) is 78.9 Å². The van der Waals surface area contributed by atoms with Crippen LogP contribution in [0.4, 0.5) is 0 Å². The Morgan fingerprint density at radius 3 is 2.39 bits per heavy atom. The van der Waals surface area contributed by atoms with Gasteiger partial charge in [-0.05, 0) is 73.5 Å².